The summed E-state index contributed by atoms with van der Waals surface area (Å²) >= 11 is 0. The molecule has 148 valence electrons. The number of nitrogens with one attached hydrogen (secondary N) is 2. The lowest BCUT2D eigenvalue weighted by Gasteiger charge is -2.27. The lowest BCUT2D eigenvalue weighted by atomic mass is 9.92. The van der Waals surface area contributed by atoms with E-state index >= 15 is 0 Å². The first kappa shape index (κ1) is 26.2. The normalized spacial score (nSPS) is 11.4. The Morgan fingerprint density at radius 2 is 1.52 bits per heavy atom. The van der Waals surface area contributed by atoms with Crippen LogP contribution in [0.1, 0.15) is 41.5 Å². The predicted octanol–water partition coefficient (Wildman–Crippen LogP) is 1.53. The van der Waals surface area contributed by atoms with E-state index < -0.39 is 5.41 Å². The Labute approximate surface area is 170 Å². The van der Waals surface area contributed by atoms with Crippen molar-refractivity contribution in [2.45, 2.75) is 41.5 Å². The van der Waals surface area contributed by atoms with Crippen molar-refractivity contribution in [2.75, 3.05) is 46.3 Å². The van der Waals surface area contributed by atoms with Gasteiger partial charge in [-0.05, 0) is 41.5 Å². The number of rotatable bonds is 9. The molecule has 0 saturated heterocycles. The number of carbonyl (C=O) groups excluding carboxylic acids is 2. The van der Waals surface area contributed by atoms with E-state index in [1.54, 1.807) is 9.80 Å². The van der Waals surface area contributed by atoms with Crippen molar-refractivity contribution in [3.63, 3.8) is 0 Å². The Morgan fingerprint density at radius 3 is 1.96 bits per heavy atom. The molecule has 0 unspecified atom stereocenters. The monoisotopic (exact) mass is 469 g/mol. The molecule has 0 aliphatic carbocycles. The molecule has 0 aliphatic heterocycles. The van der Waals surface area contributed by atoms with Gasteiger partial charge in [0.25, 0.3) is 0 Å². The van der Waals surface area contributed by atoms with Crippen molar-refractivity contribution in [2.24, 2.45) is 10.4 Å². The molecule has 0 heterocycles. The van der Waals surface area contributed by atoms with Crippen molar-refractivity contribution in [1.82, 2.24) is 20.4 Å². The Hall–Kier alpha value is -1.06. The number of nitrogens with zero attached hydrogens (tertiary/aromatic N) is 3. The summed E-state index contributed by atoms with van der Waals surface area (Å²) in [7, 11) is 1.84. The number of guanidine groups is 1. The molecule has 25 heavy (non-hydrogen) atoms. The van der Waals surface area contributed by atoms with Crippen LogP contribution in [-0.2, 0) is 9.59 Å². The summed E-state index contributed by atoms with van der Waals surface area (Å²) in [6.07, 6.45) is 0. The molecule has 2 N–H and O–H groups in total. The van der Waals surface area contributed by atoms with Gasteiger partial charge < -0.3 is 20.4 Å². The van der Waals surface area contributed by atoms with Crippen molar-refractivity contribution in [3.8, 4) is 0 Å². The lowest BCUT2D eigenvalue weighted by Crippen LogP contribution is -2.46. The summed E-state index contributed by atoms with van der Waals surface area (Å²) in [5.41, 5.74) is -0.597. The third kappa shape index (κ3) is 9.27. The van der Waals surface area contributed by atoms with E-state index in [0.29, 0.717) is 38.7 Å². The zero-order chi connectivity index (χ0) is 18.8. The minimum absolute atomic E-state index is 0. The van der Waals surface area contributed by atoms with E-state index in [9.17, 15) is 9.59 Å². The van der Waals surface area contributed by atoms with Crippen LogP contribution >= 0.6 is 24.0 Å². The zero-order valence-electron chi connectivity index (χ0n) is 16.8. The van der Waals surface area contributed by atoms with Gasteiger partial charge in [0, 0.05) is 33.2 Å². The van der Waals surface area contributed by atoms with Crippen molar-refractivity contribution < 1.29 is 9.59 Å². The first-order chi connectivity index (χ1) is 11.2. The average molecular weight is 469 g/mol. The Kier molecular flexibility index (Phi) is 13.8. The maximum absolute atomic E-state index is 12.3. The molecule has 0 spiro atoms. The lowest BCUT2D eigenvalue weighted by molar-refractivity contribution is -0.131. The number of aliphatic imine (C=N–C) groups is 1. The minimum atomic E-state index is -0.597. The topological polar surface area (TPSA) is 77.0 Å². The van der Waals surface area contributed by atoms with Crippen LogP contribution in [0.15, 0.2) is 4.99 Å². The molecule has 0 bridgehead atoms. The molecule has 0 rings (SSSR count). The number of likely N-dealkylation sites (N-methyl/N-ethyl adjacent to an activating group) is 2. The van der Waals surface area contributed by atoms with Gasteiger partial charge in [-0.15, -0.1) is 24.0 Å². The molecule has 0 aromatic heterocycles. The highest BCUT2D eigenvalue weighted by Gasteiger charge is 2.27. The second-order valence-electron chi connectivity index (χ2n) is 6.34. The molecule has 7 nitrogen and oxygen atoms in total. The molecule has 0 saturated carbocycles. The Bertz CT molecular complexity index is 437. The number of halogens is 1. The van der Waals surface area contributed by atoms with Crippen molar-refractivity contribution >= 4 is 41.8 Å². The van der Waals surface area contributed by atoms with Gasteiger partial charge in [0.1, 0.15) is 0 Å². The van der Waals surface area contributed by atoms with Crippen LogP contribution in [0.25, 0.3) is 0 Å². The first-order valence-electron chi connectivity index (χ1n) is 8.78. The van der Waals surface area contributed by atoms with Crippen LogP contribution in [0, 0.1) is 5.41 Å². The molecule has 8 heteroatoms. The van der Waals surface area contributed by atoms with E-state index in [1.165, 1.54) is 0 Å². The van der Waals surface area contributed by atoms with Crippen LogP contribution < -0.4 is 10.6 Å². The average Bonchev–Trinajstić information content (AvgIpc) is 2.52. The van der Waals surface area contributed by atoms with Crippen LogP contribution in [0.5, 0.6) is 0 Å². The quantitative estimate of drug-likeness (QED) is 0.305. The van der Waals surface area contributed by atoms with Gasteiger partial charge in [-0.3, -0.25) is 14.6 Å². The molecule has 2 amide bonds. The second kappa shape index (κ2) is 13.2. The number of hydrogen-bond acceptors (Lipinski definition) is 3. The SMILES string of the molecule is CCNC(=O)C(C)(C)CN=C(NCC)N(C)CC(=O)N(CC)CC.I. The van der Waals surface area contributed by atoms with Crippen molar-refractivity contribution in [3.05, 3.63) is 0 Å². The largest absolute Gasteiger partial charge is 0.357 e. The molecule has 0 aromatic rings. The molecule has 0 aliphatic rings. The van der Waals surface area contributed by atoms with Gasteiger partial charge in [-0.1, -0.05) is 0 Å². The maximum atomic E-state index is 12.3. The standard InChI is InChI=1S/C17H35N5O2.HI/c1-8-18-15(24)17(5,6)13-20-16(19-9-2)21(7)12-14(23)22(10-3)11-4;/h8-13H2,1-7H3,(H,18,24)(H,19,20);1H. The van der Waals surface area contributed by atoms with E-state index in [4.69, 9.17) is 0 Å². The van der Waals surface area contributed by atoms with Crippen molar-refractivity contribution in [1.29, 1.82) is 0 Å². The van der Waals surface area contributed by atoms with E-state index in [0.717, 1.165) is 0 Å². The molecule has 0 aromatic carbocycles. The predicted molar refractivity (Wildman–Crippen MR) is 114 cm³/mol. The summed E-state index contributed by atoms with van der Waals surface area (Å²) in [4.78, 5) is 32.5. The van der Waals surface area contributed by atoms with Gasteiger partial charge in [0.05, 0.1) is 18.5 Å². The highest BCUT2D eigenvalue weighted by Crippen LogP contribution is 2.15. The summed E-state index contributed by atoms with van der Waals surface area (Å²) in [6, 6.07) is 0. The fraction of sp³-hybridized carbons (Fsp3) is 0.824. The molecule has 0 atom stereocenters. The third-order valence-electron chi connectivity index (χ3n) is 3.76. The smallest absolute Gasteiger partial charge is 0.242 e. The molecule has 0 radical (unpaired) electrons. The van der Waals surface area contributed by atoms with Gasteiger partial charge in [-0.2, -0.15) is 0 Å². The Balaban J connectivity index is 0. The van der Waals surface area contributed by atoms with Gasteiger partial charge in [0.15, 0.2) is 5.96 Å². The third-order valence-corrected chi connectivity index (χ3v) is 3.76. The zero-order valence-corrected chi connectivity index (χ0v) is 19.1. The number of amides is 2. The number of carbonyl (C=O) groups is 2. The van der Waals surface area contributed by atoms with E-state index in [-0.39, 0.29) is 42.3 Å². The molecule has 0 fully saturated rings. The Morgan fingerprint density at radius 1 is 1.00 bits per heavy atom. The summed E-state index contributed by atoms with van der Waals surface area (Å²) in [5, 5.41) is 6.01. The van der Waals surface area contributed by atoms with Gasteiger partial charge in [0.2, 0.25) is 11.8 Å². The van der Waals surface area contributed by atoms with Crippen LogP contribution in [0.2, 0.25) is 0 Å². The molecular formula is C17H36IN5O2. The minimum Gasteiger partial charge on any atom is -0.357 e. The van der Waals surface area contributed by atoms with E-state index in [1.807, 2.05) is 48.6 Å². The van der Waals surface area contributed by atoms with Crippen LogP contribution in [0.4, 0.5) is 0 Å². The van der Waals surface area contributed by atoms with E-state index in [2.05, 4.69) is 15.6 Å². The first-order valence-corrected chi connectivity index (χ1v) is 8.78. The van der Waals surface area contributed by atoms with Crippen LogP contribution in [-0.4, -0.2) is 73.9 Å². The summed E-state index contributed by atoms with van der Waals surface area (Å²) in [5.74, 6) is 0.679. The molecular weight excluding hydrogens is 433 g/mol. The maximum Gasteiger partial charge on any atom is 0.242 e. The fourth-order valence-corrected chi connectivity index (χ4v) is 2.17. The fourth-order valence-electron chi connectivity index (χ4n) is 2.17. The van der Waals surface area contributed by atoms with Gasteiger partial charge >= 0.3 is 0 Å². The highest BCUT2D eigenvalue weighted by molar-refractivity contribution is 14.0. The van der Waals surface area contributed by atoms with Crippen LogP contribution in [0.3, 0.4) is 0 Å². The summed E-state index contributed by atoms with van der Waals surface area (Å²) in [6.45, 7) is 14.8. The van der Waals surface area contributed by atoms with Gasteiger partial charge in [-0.25, -0.2) is 0 Å². The second-order valence-corrected chi connectivity index (χ2v) is 6.34. The summed E-state index contributed by atoms with van der Waals surface area (Å²) < 4.78 is 0. The number of hydrogen-bond donors (Lipinski definition) is 2. The highest BCUT2D eigenvalue weighted by atomic mass is 127.